The number of carbonyl (C=O) groups is 1. The number of para-hydroxylation sites is 2. The zero-order valence-electron chi connectivity index (χ0n) is 18.1. The maximum atomic E-state index is 12.7. The molecule has 0 spiro atoms. The van der Waals surface area contributed by atoms with Crippen molar-refractivity contribution in [3.8, 4) is 6.07 Å². The fourth-order valence-corrected chi connectivity index (χ4v) is 4.11. The van der Waals surface area contributed by atoms with Crippen molar-refractivity contribution in [2.75, 3.05) is 42.2 Å². The van der Waals surface area contributed by atoms with Crippen LogP contribution in [0, 0.1) is 24.2 Å². The van der Waals surface area contributed by atoms with Gasteiger partial charge in [0.05, 0.1) is 17.1 Å². The van der Waals surface area contributed by atoms with Gasteiger partial charge in [-0.1, -0.05) is 12.1 Å². The number of benzene rings is 1. The number of amides is 1. The molecule has 0 aliphatic carbocycles. The molecule has 1 saturated heterocycles. The second-order valence-electron chi connectivity index (χ2n) is 8.01. The Labute approximate surface area is 182 Å². The Hall–Kier alpha value is -3.44. The highest BCUT2D eigenvalue weighted by atomic mass is 16.2. The summed E-state index contributed by atoms with van der Waals surface area (Å²) in [7, 11) is 2.06. The molecule has 0 atom stereocenters. The zero-order chi connectivity index (χ0) is 22.0. The molecule has 0 radical (unpaired) electrons. The van der Waals surface area contributed by atoms with Crippen LogP contribution in [-0.4, -0.2) is 47.5 Å². The summed E-state index contributed by atoms with van der Waals surface area (Å²) in [6.45, 7) is 6.42. The molecule has 160 valence electrons. The van der Waals surface area contributed by atoms with E-state index in [4.69, 9.17) is 0 Å². The van der Waals surface area contributed by atoms with Crippen molar-refractivity contribution >= 4 is 28.8 Å². The van der Waals surface area contributed by atoms with Crippen LogP contribution in [0.4, 0.5) is 17.3 Å². The molecule has 2 aliphatic heterocycles. The third-order valence-corrected chi connectivity index (χ3v) is 5.92. The van der Waals surface area contributed by atoms with Crippen molar-refractivity contribution in [1.29, 1.82) is 5.26 Å². The van der Waals surface area contributed by atoms with Gasteiger partial charge in [-0.3, -0.25) is 10.1 Å². The molecule has 1 fully saturated rings. The van der Waals surface area contributed by atoms with Crippen molar-refractivity contribution in [3.63, 3.8) is 0 Å². The first-order valence-electron chi connectivity index (χ1n) is 10.6. The van der Waals surface area contributed by atoms with Crippen LogP contribution in [0.1, 0.15) is 31.0 Å². The highest BCUT2D eigenvalue weighted by Gasteiger charge is 2.28. The van der Waals surface area contributed by atoms with Gasteiger partial charge >= 0.3 is 0 Å². The lowest BCUT2D eigenvalue weighted by Gasteiger charge is -2.27. The summed E-state index contributed by atoms with van der Waals surface area (Å²) in [5, 5.41) is 16.3. The third-order valence-electron chi connectivity index (χ3n) is 5.92. The molecular weight excluding hydrogens is 390 g/mol. The Morgan fingerprint density at radius 2 is 2.06 bits per heavy atom. The molecule has 1 aromatic heterocycles. The molecule has 1 aromatic carbocycles. The summed E-state index contributed by atoms with van der Waals surface area (Å²) in [5.41, 5.74) is 3.69. The lowest BCUT2D eigenvalue weighted by Crippen LogP contribution is -2.36. The van der Waals surface area contributed by atoms with Gasteiger partial charge in [-0.05, 0) is 64.5 Å². The first-order valence-corrected chi connectivity index (χ1v) is 10.6. The van der Waals surface area contributed by atoms with E-state index in [9.17, 15) is 10.1 Å². The first kappa shape index (κ1) is 20.8. The standard InChI is InChI=1S/C23H27N7O/c1-4-30-19-8-6-5-7-18(19)26-21(30)17(13-24)20-15(2)14-25-23(27-20)28-22(31)16-9-11-29(3)12-10-16/h5-8,14,16,26H,4,9-12H2,1-3H3,(H,25,27,28,31)/b21-17+. The van der Waals surface area contributed by atoms with Crippen LogP contribution >= 0.6 is 0 Å². The minimum absolute atomic E-state index is 0.0417. The molecule has 2 N–H and O–H groups in total. The van der Waals surface area contributed by atoms with Gasteiger partial charge < -0.3 is 15.1 Å². The van der Waals surface area contributed by atoms with E-state index in [2.05, 4.69) is 43.5 Å². The predicted octanol–water partition coefficient (Wildman–Crippen LogP) is 3.21. The molecule has 2 aromatic rings. The van der Waals surface area contributed by atoms with Crippen LogP contribution in [0.3, 0.4) is 0 Å². The van der Waals surface area contributed by atoms with Crippen LogP contribution in [0.2, 0.25) is 0 Å². The fraction of sp³-hybridized carbons (Fsp3) is 0.391. The molecular formula is C23H27N7O. The van der Waals surface area contributed by atoms with E-state index in [1.54, 1.807) is 6.20 Å². The van der Waals surface area contributed by atoms with Gasteiger partial charge in [0.25, 0.3) is 0 Å². The SMILES string of the molecule is CCN1/C(=C(\C#N)c2nc(NC(=O)C3CCN(C)CC3)ncc2C)Nc2ccccc21. The number of carbonyl (C=O) groups excluding carboxylic acids is 1. The predicted molar refractivity (Wildman–Crippen MR) is 121 cm³/mol. The van der Waals surface area contributed by atoms with Crippen LogP contribution in [0.5, 0.6) is 0 Å². The van der Waals surface area contributed by atoms with Gasteiger partial charge in [-0.15, -0.1) is 0 Å². The molecule has 3 heterocycles. The molecule has 31 heavy (non-hydrogen) atoms. The van der Waals surface area contributed by atoms with Crippen molar-refractivity contribution in [2.45, 2.75) is 26.7 Å². The quantitative estimate of drug-likeness (QED) is 0.737. The van der Waals surface area contributed by atoms with Crippen molar-refractivity contribution in [1.82, 2.24) is 14.9 Å². The Bertz CT molecular complexity index is 1060. The topological polar surface area (TPSA) is 97.2 Å². The summed E-state index contributed by atoms with van der Waals surface area (Å²) >= 11 is 0. The van der Waals surface area contributed by atoms with Crippen molar-refractivity contribution in [3.05, 3.63) is 47.5 Å². The monoisotopic (exact) mass is 417 g/mol. The average molecular weight is 418 g/mol. The second-order valence-corrected chi connectivity index (χ2v) is 8.01. The summed E-state index contributed by atoms with van der Waals surface area (Å²) < 4.78 is 0. The number of allylic oxidation sites excluding steroid dienone is 1. The molecule has 8 nitrogen and oxygen atoms in total. The highest BCUT2D eigenvalue weighted by Crippen LogP contribution is 2.38. The number of aromatic nitrogens is 2. The smallest absolute Gasteiger partial charge is 0.229 e. The van der Waals surface area contributed by atoms with Gasteiger partial charge in [-0.2, -0.15) is 5.26 Å². The van der Waals surface area contributed by atoms with E-state index >= 15 is 0 Å². The number of nitrogens with zero attached hydrogens (tertiary/aromatic N) is 5. The zero-order valence-corrected chi connectivity index (χ0v) is 18.1. The van der Waals surface area contributed by atoms with Crippen LogP contribution < -0.4 is 15.5 Å². The highest BCUT2D eigenvalue weighted by molar-refractivity contribution is 5.93. The Kier molecular flexibility index (Phi) is 5.87. The molecule has 8 heteroatoms. The fourth-order valence-electron chi connectivity index (χ4n) is 4.11. The molecule has 0 bridgehead atoms. The maximum absolute atomic E-state index is 12.7. The largest absolute Gasteiger partial charge is 0.339 e. The number of hydrogen-bond donors (Lipinski definition) is 2. The normalized spacial score (nSPS) is 18.2. The maximum Gasteiger partial charge on any atom is 0.229 e. The number of nitrogens with one attached hydrogen (secondary N) is 2. The van der Waals surface area contributed by atoms with E-state index in [1.165, 1.54) is 0 Å². The Morgan fingerprint density at radius 1 is 1.32 bits per heavy atom. The van der Waals surface area contributed by atoms with Crippen LogP contribution in [0.15, 0.2) is 36.3 Å². The van der Waals surface area contributed by atoms with Crippen LogP contribution in [0.25, 0.3) is 5.57 Å². The molecule has 0 unspecified atom stereocenters. The molecule has 0 saturated carbocycles. The van der Waals surface area contributed by atoms with Crippen molar-refractivity contribution < 1.29 is 4.79 Å². The molecule has 2 aliphatic rings. The number of piperidine rings is 1. The third kappa shape index (κ3) is 4.09. The van der Waals surface area contributed by atoms with E-state index in [0.29, 0.717) is 23.6 Å². The first-order chi connectivity index (χ1) is 15.0. The Balaban J connectivity index is 1.64. The van der Waals surface area contributed by atoms with E-state index < -0.39 is 0 Å². The number of rotatable bonds is 4. The molecule has 4 rings (SSSR count). The van der Waals surface area contributed by atoms with E-state index in [0.717, 1.165) is 42.9 Å². The Morgan fingerprint density at radius 3 is 2.77 bits per heavy atom. The number of hydrogen-bond acceptors (Lipinski definition) is 7. The summed E-state index contributed by atoms with van der Waals surface area (Å²) in [4.78, 5) is 25.9. The van der Waals surface area contributed by atoms with Gasteiger partial charge in [-0.25, -0.2) is 9.97 Å². The van der Waals surface area contributed by atoms with E-state index in [-0.39, 0.29) is 17.8 Å². The van der Waals surface area contributed by atoms with Crippen LogP contribution in [-0.2, 0) is 4.79 Å². The lowest BCUT2D eigenvalue weighted by molar-refractivity contribution is -0.121. The number of fused-ring (bicyclic) bond motifs is 1. The average Bonchev–Trinajstić information content (AvgIpc) is 3.15. The lowest BCUT2D eigenvalue weighted by atomic mass is 9.96. The second kappa shape index (κ2) is 8.74. The molecule has 1 amide bonds. The minimum atomic E-state index is -0.0596. The van der Waals surface area contributed by atoms with Gasteiger partial charge in [0.1, 0.15) is 17.5 Å². The summed E-state index contributed by atoms with van der Waals surface area (Å²) in [5.74, 6) is 0.826. The van der Waals surface area contributed by atoms with Gasteiger partial charge in [0.15, 0.2) is 0 Å². The number of anilines is 3. The van der Waals surface area contributed by atoms with Gasteiger partial charge in [0, 0.05) is 18.7 Å². The van der Waals surface area contributed by atoms with E-state index in [1.807, 2.05) is 38.1 Å². The number of nitriles is 1. The number of aryl methyl sites for hydroxylation is 1. The van der Waals surface area contributed by atoms with Crippen molar-refractivity contribution in [2.24, 2.45) is 5.92 Å². The summed E-state index contributed by atoms with van der Waals surface area (Å²) in [6, 6.07) is 10.3. The number of likely N-dealkylation sites (tertiary alicyclic amines) is 1. The van der Waals surface area contributed by atoms with Gasteiger partial charge in [0.2, 0.25) is 11.9 Å². The minimum Gasteiger partial charge on any atom is -0.339 e. The summed E-state index contributed by atoms with van der Waals surface area (Å²) in [6.07, 6.45) is 3.30.